The number of hydrogen-bond acceptors (Lipinski definition) is 1. The van der Waals surface area contributed by atoms with Gasteiger partial charge in [-0.05, 0) is 12.5 Å². The second-order valence-electron chi connectivity index (χ2n) is 4.93. The van der Waals surface area contributed by atoms with Crippen LogP contribution >= 0.6 is 23.2 Å². The van der Waals surface area contributed by atoms with E-state index >= 15 is 0 Å². The van der Waals surface area contributed by atoms with Crippen molar-refractivity contribution in [2.75, 3.05) is 5.88 Å². The van der Waals surface area contributed by atoms with Gasteiger partial charge in [-0.1, -0.05) is 37.8 Å². The molecule has 0 aliphatic carbocycles. The highest BCUT2D eigenvalue weighted by Gasteiger charge is 2.13. The lowest BCUT2D eigenvalue weighted by atomic mass is 10.2. The minimum absolute atomic E-state index is 0.116. The molecule has 0 saturated carbocycles. The van der Waals surface area contributed by atoms with Gasteiger partial charge in [0.25, 0.3) is 0 Å². The van der Waals surface area contributed by atoms with Crippen molar-refractivity contribution in [1.29, 1.82) is 0 Å². The summed E-state index contributed by atoms with van der Waals surface area (Å²) in [6.07, 6.45) is 5.34. The highest BCUT2D eigenvalue weighted by molar-refractivity contribution is 6.31. The fraction of sp³-hybridized carbons (Fsp3) is 0.533. The molecule has 0 amide bonds. The lowest BCUT2D eigenvalue weighted by molar-refractivity contribution is 0.575. The number of unbranched alkanes of at least 4 members (excludes halogenated alkanes) is 3. The van der Waals surface area contributed by atoms with Crippen molar-refractivity contribution in [1.82, 2.24) is 9.55 Å². The first-order valence-electron chi connectivity index (χ1n) is 7.07. The molecule has 0 radical (unpaired) electrons. The van der Waals surface area contributed by atoms with E-state index in [-0.39, 0.29) is 5.02 Å². The summed E-state index contributed by atoms with van der Waals surface area (Å²) in [5, 5.41) is 0.116. The Hall–Kier alpha value is -0.800. The lowest BCUT2D eigenvalue weighted by Gasteiger charge is -2.08. The molecule has 0 atom stereocenters. The maximum atomic E-state index is 13.7. The minimum atomic E-state index is -0.397. The zero-order valence-electron chi connectivity index (χ0n) is 11.6. The van der Waals surface area contributed by atoms with Crippen LogP contribution in [0.5, 0.6) is 0 Å². The molecule has 0 N–H and O–H groups in total. The largest absolute Gasteiger partial charge is 0.328 e. The first-order valence-corrected chi connectivity index (χ1v) is 7.98. The summed E-state index contributed by atoms with van der Waals surface area (Å²) in [5.41, 5.74) is 1.55. The lowest BCUT2D eigenvalue weighted by Crippen LogP contribution is -2.05. The van der Waals surface area contributed by atoms with Crippen LogP contribution < -0.4 is 0 Å². The van der Waals surface area contributed by atoms with E-state index in [1.807, 2.05) is 0 Å². The molecule has 0 saturated heterocycles. The molecule has 2 aromatic rings. The second kappa shape index (κ2) is 7.28. The van der Waals surface area contributed by atoms with E-state index in [4.69, 9.17) is 23.2 Å². The minimum Gasteiger partial charge on any atom is -0.328 e. The Labute approximate surface area is 128 Å². The number of halogens is 3. The summed E-state index contributed by atoms with van der Waals surface area (Å²) in [7, 11) is 0. The van der Waals surface area contributed by atoms with Gasteiger partial charge >= 0.3 is 0 Å². The van der Waals surface area contributed by atoms with E-state index in [0.29, 0.717) is 12.3 Å². The van der Waals surface area contributed by atoms with E-state index in [1.54, 1.807) is 6.07 Å². The number of alkyl halides is 1. The van der Waals surface area contributed by atoms with Crippen molar-refractivity contribution in [3.8, 4) is 0 Å². The molecule has 0 fully saturated rings. The molecule has 0 bridgehead atoms. The molecule has 2 nitrogen and oxygen atoms in total. The van der Waals surface area contributed by atoms with Gasteiger partial charge in [0.15, 0.2) is 0 Å². The summed E-state index contributed by atoms with van der Waals surface area (Å²) < 4.78 is 15.7. The predicted molar refractivity (Wildman–Crippen MR) is 83.3 cm³/mol. The van der Waals surface area contributed by atoms with Crippen molar-refractivity contribution in [3.05, 3.63) is 28.8 Å². The van der Waals surface area contributed by atoms with Crippen molar-refractivity contribution in [2.24, 2.45) is 0 Å². The van der Waals surface area contributed by atoms with Gasteiger partial charge in [-0.25, -0.2) is 9.37 Å². The van der Waals surface area contributed by atoms with Crippen LogP contribution in [0.15, 0.2) is 12.1 Å². The molecule has 0 aliphatic heterocycles. The molecule has 1 aromatic heterocycles. The number of imidazole rings is 1. The van der Waals surface area contributed by atoms with Gasteiger partial charge in [0.1, 0.15) is 11.6 Å². The molecule has 20 heavy (non-hydrogen) atoms. The third-order valence-corrected chi connectivity index (χ3v) is 3.90. The topological polar surface area (TPSA) is 17.8 Å². The number of fused-ring (bicyclic) bond motifs is 1. The van der Waals surface area contributed by atoms with Crippen molar-refractivity contribution < 1.29 is 4.39 Å². The van der Waals surface area contributed by atoms with Crippen LogP contribution in [0.1, 0.15) is 38.4 Å². The number of nitrogens with zero attached hydrogens (tertiary/aromatic N) is 2. The Morgan fingerprint density at radius 3 is 2.75 bits per heavy atom. The first kappa shape index (κ1) is 15.6. The number of aryl methyl sites for hydroxylation is 2. The molecule has 1 heterocycles. The number of hydrogen-bond donors (Lipinski definition) is 0. The van der Waals surface area contributed by atoms with Gasteiger partial charge in [0.2, 0.25) is 0 Å². The van der Waals surface area contributed by atoms with E-state index in [9.17, 15) is 4.39 Å². The van der Waals surface area contributed by atoms with Gasteiger partial charge < -0.3 is 4.57 Å². The molecule has 5 heteroatoms. The SMILES string of the molecule is CCCCCCn1c(CCCl)nc2cc(Cl)c(F)cc21. The third kappa shape index (κ3) is 3.44. The monoisotopic (exact) mass is 316 g/mol. The zero-order chi connectivity index (χ0) is 14.5. The maximum Gasteiger partial charge on any atom is 0.144 e. The summed E-state index contributed by atoms with van der Waals surface area (Å²) >= 11 is 11.7. The van der Waals surface area contributed by atoms with Gasteiger partial charge in [-0.2, -0.15) is 0 Å². The number of rotatable bonds is 7. The Kier molecular flexibility index (Phi) is 5.67. The second-order valence-corrected chi connectivity index (χ2v) is 5.72. The highest BCUT2D eigenvalue weighted by Crippen LogP contribution is 2.24. The molecule has 0 aliphatic rings. The van der Waals surface area contributed by atoms with Crippen LogP contribution in [-0.4, -0.2) is 15.4 Å². The molecular formula is C15H19Cl2FN2. The van der Waals surface area contributed by atoms with E-state index in [1.165, 1.54) is 25.3 Å². The van der Waals surface area contributed by atoms with Crippen LogP contribution in [-0.2, 0) is 13.0 Å². The smallest absolute Gasteiger partial charge is 0.144 e. The fourth-order valence-electron chi connectivity index (χ4n) is 2.39. The average molecular weight is 317 g/mol. The van der Waals surface area contributed by atoms with Crippen molar-refractivity contribution in [3.63, 3.8) is 0 Å². The summed E-state index contributed by atoms with van der Waals surface area (Å²) in [6.45, 7) is 3.03. The van der Waals surface area contributed by atoms with E-state index < -0.39 is 5.82 Å². The van der Waals surface area contributed by atoms with Crippen LogP contribution in [0.25, 0.3) is 11.0 Å². The molecule has 110 valence electrons. The average Bonchev–Trinajstić information content (AvgIpc) is 2.73. The Balaban J connectivity index is 2.32. The van der Waals surface area contributed by atoms with E-state index in [2.05, 4.69) is 16.5 Å². The molecular weight excluding hydrogens is 298 g/mol. The van der Waals surface area contributed by atoms with Crippen LogP contribution in [0.2, 0.25) is 5.02 Å². The van der Waals surface area contributed by atoms with Gasteiger partial charge in [-0.3, -0.25) is 0 Å². The summed E-state index contributed by atoms with van der Waals surface area (Å²) in [5.74, 6) is 1.02. The van der Waals surface area contributed by atoms with Crippen LogP contribution in [0.3, 0.4) is 0 Å². The maximum absolute atomic E-state index is 13.7. The van der Waals surface area contributed by atoms with Crippen LogP contribution in [0, 0.1) is 5.82 Å². The summed E-state index contributed by atoms with van der Waals surface area (Å²) in [6, 6.07) is 3.06. The zero-order valence-corrected chi connectivity index (χ0v) is 13.1. The molecule has 1 aromatic carbocycles. The first-order chi connectivity index (χ1) is 9.67. The Bertz CT molecular complexity index is 581. The fourth-order valence-corrected chi connectivity index (χ4v) is 2.72. The Morgan fingerprint density at radius 1 is 1.25 bits per heavy atom. The third-order valence-electron chi connectivity index (χ3n) is 3.42. The normalized spacial score (nSPS) is 11.4. The van der Waals surface area contributed by atoms with Gasteiger partial charge in [0, 0.05) is 24.9 Å². The van der Waals surface area contributed by atoms with Crippen molar-refractivity contribution >= 4 is 34.2 Å². The quantitative estimate of drug-likeness (QED) is 0.507. The van der Waals surface area contributed by atoms with E-state index in [0.717, 1.165) is 29.8 Å². The number of benzene rings is 1. The molecule has 0 spiro atoms. The predicted octanol–water partition coefficient (Wildman–Crippen LogP) is 5.19. The Morgan fingerprint density at radius 2 is 2.05 bits per heavy atom. The summed E-state index contributed by atoms with van der Waals surface area (Å²) in [4.78, 5) is 4.53. The highest BCUT2D eigenvalue weighted by atomic mass is 35.5. The number of aromatic nitrogens is 2. The standard InChI is InChI=1S/C15H19Cl2FN2/c1-2-3-4-5-8-20-14-10-12(18)11(17)9-13(14)19-15(20)6-7-16/h9-10H,2-8H2,1H3. The van der Waals surface area contributed by atoms with Gasteiger partial charge in [0.05, 0.1) is 16.1 Å². The van der Waals surface area contributed by atoms with Crippen LogP contribution in [0.4, 0.5) is 4.39 Å². The van der Waals surface area contributed by atoms with Gasteiger partial charge in [-0.15, -0.1) is 11.6 Å². The molecule has 2 rings (SSSR count). The van der Waals surface area contributed by atoms with Crippen molar-refractivity contribution in [2.45, 2.75) is 45.6 Å². The molecule has 0 unspecified atom stereocenters.